The maximum atomic E-state index is 12.6. The van der Waals surface area contributed by atoms with Crippen molar-refractivity contribution in [3.05, 3.63) is 45.8 Å². The Bertz CT molecular complexity index is 843. The summed E-state index contributed by atoms with van der Waals surface area (Å²) < 4.78 is 5.31. The third kappa shape index (κ3) is 4.50. The zero-order valence-corrected chi connectivity index (χ0v) is 17.7. The molecule has 0 saturated carbocycles. The predicted molar refractivity (Wildman–Crippen MR) is 117 cm³/mol. The number of benzene rings is 1. The largest absolute Gasteiger partial charge is 0.462 e. The molecule has 0 bridgehead atoms. The molecule has 3 rings (SSSR count). The Morgan fingerprint density at radius 1 is 1.22 bits per heavy atom. The van der Waals surface area contributed by atoms with Crippen molar-refractivity contribution >= 4 is 45.3 Å². The van der Waals surface area contributed by atoms with Gasteiger partial charge in [-0.1, -0.05) is 32.0 Å². The van der Waals surface area contributed by atoms with Gasteiger partial charge in [0.25, 0.3) is 0 Å². The van der Waals surface area contributed by atoms with Crippen molar-refractivity contribution < 1.29 is 9.53 Å². The van der Waals surface area contributed by atoms with E-state index in [9.17, 15) is 4.79 Å². The molecule has 0 atom stereocenters. The van der Waals surface area contributed by atoms with Crippen molar-refractivity contribution in [3.63, 3.8) is 0 Å². The molecule has 6 heteroatoms. The van der Waals surface area contributed by atoms with Crippen LogP contribution in [0.3, 0.4) is 0 Å². The SMILES string of the molecule is CCOC(=O)c1c(NC(=S)Nc2ccccc2C(C)C)sc2c1CCCC2. The Balaban J connectivity index is 1.84. The van der Waals surface area contributed by atoms with Crippen molar-refractivity contribution in [1.29, 1.82) is 0 Å². The Hall–Kier alpha value is -1.92. The molecule has 0 aliphatic heterocycles. The van der Waals surface area contributed by atoms with Crippen LogP contribution >= 0.6 is 23.6 Å². The minimum Gasteiger partial charge on any atom is -0.462 e. The number of thiophene rings is 1. The summed E-state index contributed by atoms with van der Waals surface area (Å²) in [6, 6.07) is 8.15. The first-order valence-electron chi connectivity index (χ1n) is 9.49. The van der Waals surface area contributed by atoms with Crippen LogP contribution in [0.1, 0.15) is 65.9 Å². The summed E-state index contributed by atoms with van der Waals surface area (Å²) in [5.74, 6) is 0.130. The molecule has 2 aromatic rings. The Morgan fingerprint density at radius 2 is 1.96 bits per heavy atom. The molecule has 1 aliphatic rings. The average molecular weight is 403 g/mol. The number of esters is 1. The van der Waals surface area contributed by atoms with Crippen molar-refractivity contribution in [1.82, 2.24) is 0 Å². The summed E-state index contributed by atoms with van der Waals surface area (Å²) in [5.41, 5.74) is 4.00. The van der Waals surface area contributed by atoms with Crippen LogP contribution in [0.15, 0.2) is 24.3 Å². The topological polar surface area (TPSA) is 50.4 Å². The van der Waals surface area contributed by atoms with E-state index in [4.69, 9.17) is 17.0 Å². The molecule has 1 aliphatic carbocycles. The van der Waals surface area contributed by atoms with Crippen LogP contribution in [0.25, 0.3) is 0 Å². The molecule has 27 heavy (non-hydrogen) atoms. The summed E-state index contributed by atoms with van der Waals surface area (Å²) in [6.45, 7) is 6.51. The summed E-state index contributed by atoms with van der Waals surface area (Å²) in [5, 5.41) is 7.84. The number of para-hydroxylation sites is 1. The first-order valence-corrected chi connectivity index (χ1v) is 10.7. The lowest BCUT2D eigenvalue weighted by Crippen LogP contribution is -2.21. The zero-order chi connectivity index (χ0) is 19.4. The molecule has 4 nitrogen and oxygen atoms in total. The van der Waals surface area contributed by atoms with E-state index < -0.39 is 0 Å². The van der Waals surface area contributed by atoms with Crippen LogP contribution in [-0.2, 0) is 17.6 Å². The molecule has 0 radical (unpaired) electrons. The molecular weight excluding hydrogens is 376 g/mol. The summed E-state index contributed by atoms with van der Waals surface area (Å²) >= 11 is 7.17. The molecule has 0 spiro atoms. The summed E-state index contributed by atoms with van der Waals surface area (Å²) in [6.07, 6.45) is 4.22. The van der Waals surface area contributed by atoms with E-state index in [2.05, 4.69) is 30.5 Å². The minimum absolute atomic E-state index is 0.259. The van der Waals surface area contributed by atoms with Gasteiger partial charge >= 0.3 is 5.97 Å². The first kappa shape index (κ1) is 19.8. The van der Waals surface area contributed by atoms with Gasteiger partial charge in [-0.05, 0) is 67.9 Å². The van der Waals surface area contributed by atoms with E-state index in [1.54, 1.807) is 11.3 Å². The number of anilines is 2. The molecule has 1 heterocycles. The third-order valence-electron chi connectivity index (χ3n) is 4.71. The fourth-order valence-electron chi connectivity index (χ4n) is 3.44. The highest BCUT2D eigenvalue weighted by Crippen LogP contribution is 2.38. The van der Waals surface area contributed by atoms with Crippen LogP contribution in [0.2, 0.25) is 0 Å². The quantitative estimate of drug-likeness (QED) is 0.494. The number of rotatable bonds is 5. The van der Waals surface area contributed by atoms with Crippen LogP contribution in [0, 0.1) is 0 Å². The van der Waals surface area contributed by atoms with Gasteiger partial charge in [0.05, 0.1) is 12.2 Å². The highest BCUT2D eigenvalue weighted by atomic mass is 32.1. The van der Waals surface area contributed by atoms with Gasteiger partial charge < -0.3 is 15.4 Å². The fraction of sp³-hybridized carbons (Fsp3) is 0.429. The standard InChI is InChI=1S/C21H26N2O2S2/c1-4-25-20(24)18-15-10-6-8-12-17(15)27-19(18)23-21(26)22-16-11-7-5-9-14(16)13(2)3/h5,7,9,11,13H,4,6,8,10,12H2,1-3H3,(H2,22,23,26). The number of carbonyl (C=O) groups excluding carboxylic acids is 1. The van der Waals surface area contributed by atoms with Gasteiger partial charge in [-0.25, -0.2) is 4.79 Å². The summed E-state index contributed by atoms with van der Waals surface area (Å²) in [4.78, 5) is 13.8. The van der Waals surface area contributed by atoms with E-state index in [1.165, 1.54) is 16.9 Å². The monoisotopic (exact) mass is 402 g/mol. The number of thiocarbonyl (C=S) groups is 1. The van der Waals surface area contributed by atoms with Crippen LogP contribution in [0.4, 0.5) is 10.7 Å². The van der Waals surface area contributed by atoms with Crippen molar-refractivity contribution in [2.24, 2.45) is 0 Å². The van der Waals surface area contributed by atoms with Crippen LogP contribution < -0.4 is 10.6 Å². The number of carbonyl (C=O) groups is 1. The van der Waals surface area contributed by atoms with Crippen molar-refractivity contribution in [3.8, 4) is 0 Å². The first-order chi connectivity index (χ1) is 13.0. The van der Waals surface area contributed by atoms with Gasteiger partial charge in [-0.3, -0.25) is 0 Å². The number of ether oxygens (including phenoxy) is 1. The van der Waals surface area contributed by atoms with Crippen LogP contribution in [0.5, 0.6) is 0 Å². The maximum absolute atomic E-state index is 12.6. The second kappa shape index (κ2) is 8.85. The zero-order valence-electron chi connectivity index (χ0n) is 16.1. The highest BCUT2D eigenvalue weighted by molar-refractivity contribution is 7.80. The lowest BCUT2D eigenvalue weighted by molar-refractivity contribution is 0.0526. The maximum Gasteiger partial charge on any atom is 0.341 e. The van der Waals surface area contributed by atoms with E-state index in [-0.39, 0.29) is 5.97 Å². The fourth-order valence-corrected chi connectivity index (χ4v) is 5.00. The molecular formula is C21H26N2O2S2. The Morgan fingerprint density at radius 3 is 2.70 bits per heavy atom. The van der Waals surface area contributed by atoms with Gasteiger partial charge in [-0.15, -0.1) is 11.3 Å². The Labute approximate surface area is 170 Å². The number of fused-ring (bicyclic) bond motifs is 1. The second-order valence-corrected chi connectivity index (χ2v) is 8.47. The van der Waals surface area contributed by atoms with Crippen molar-refractivity contribution in [2.45, 2.75) is 52.4 Å². The third-order valence-corrected chi connectivity index (χ3v) is 6.12. The molecule has 1 aromatic heterocycles. The van der Waals surface area contributed by atoms with E-state index >= 15 is 0 Å². The van der Waals surface area contributed by atoms with E-state index in [0.29, 0.717) is 23.2 Å². The lowest BCUT2D eigenvalue weighted by atomic mass is 9.95. The average Bonchev–Trinajstić information content (AvgIpc) is 2.99. The predicted octanol–water partition coefficient (Wildman–Crippen LogP) is 5.74. The number of hydrogen-bond donors (Lipinski definition) is 2. The van der Waals surface area contributed by atoms with Gasteiger partial charge in [0, 0.05) is 10.6 Å². The normalized spacial score (nSPS) is 13.2. The van der Waals surface area contributed by atoms with Gasteiger partial charge in [0.1, 0.15) is 5.00 Å². The molecule has 0 amide bonds. The number of nitrogens with one attached hydrogen (secondary N) is 2. The molecule has 0 fully saturated rings. The highest BCUT2D eigenvalue weighted by Gasteiger charge is 2.26. The summed E-state index contributed by atoms with van der Waals surface area (Å²) in [7, 11) is 0. The number of hydrogen-bond acceptors (Lipinski definition) is 4. The number of aryl methyl sites for hydroxylation is 1. The van der Waals surface area contributed by atoms with E-state index in [1.807, 2.05) is 25.1 Å². The van der Waals surface area contributed by atoms with Gasteiger partial charge in [0.15, 0.2) is 5.11 Å². The molecule has 2 N–H and O–H groups in total. The molecule has 144 valence electrons. The van der Waals surface area contributed by atoms with Gasteiger partial charge in [-0.2, -0.15) is 0 Å². The second-order valence-electron chi connectivity index (χ2n) is 6.96. The molecule has 1 aromatic carbocycles. The van der Waals surface area contributed by atoms with Crippen molar-refractivity contribution in [2.75, 3.05) is 17.2 Å². The van der Waals surface area contributed by atoms with E-state index in [0.717, 1.165) is 35.5 Å². The molecule has 0 unspecified atom stereocenters. The minimum atomic E-state index is -0.259. The van der Waals surface area contributed by atoms with Gasteiger partial charge in [0.2, 0.25) is 0 Å². The smallest absolute Gasteiger partial charge is 0.341 e. The molecule has 0 saturated heterocycles. The van der Waals surface area contributed by atoms with Crippen LogP contribution in [-0.4, -0.2) is 17.7 Å². The Kier molecular flexibility index (Phi) is 6.50. The lowest BCUT2D eigenvalue weighted by Gasteiger charge is -2.16.